The minimum Gasteiger partial charge on any atom is -0.362 e. The summed E-state index contributed by atoms with van der Waals surface area (Å²) in [7, 11) is 4.01. The number of hydrogen-bond donors (Lipinski definition) is 2. The number of aromatic nitrogens is 2. The molecule has 0 radical (unpaired) electrons. The summed E-state index contributed by atoms with van der Waals surface area (Å²) in [4.78, 5) is 25.0. The predicted octanol–water partition coefficient (Wildman–Crippen LogP) is 5.56. The zero-order valence-electron chi connectivity index (χ0n) is 21.6. The van der Waals surface area contributed by atoms with Gasteiger partial charge in [0.1, 0.15) is 5.82 Å². The van der Waals surface area contributed by atoms with Crippen molar-refractivity contribution in [1.29, 1.82) is 0 Å². The van der Waals surface area contributed by atoms with E-state index in [1.807, 2.05) is 73.6 Å². The number of anilines is 2. The Balaban J connectivity index is 1.21. The summed E-state index contributed by atoms with van der Waals surface area (Å²) in [6.07, 6.45) is 4.50. The molecule has 1 aromatic heterocycles. The van der Waals surface area contributed by atoms with Gasteiger partial charge in [0.25, 0.3) is 0 Å². The van der Waals surface area contributed by atoms with E-state index in [4.69, 9.17) is 9.97 Å². The molecule has 1 aliphatic rings. The van der Waals surface area contributed by atoms with Crippen molar-refractivity contribution < 1.29 is 4.79 Å². The second-order valence-corrected chi connectivity index (χ2v) is 10.1. The van der Waals surface area contributed by atoms with Crippen LogP contribution in [-0.4, -0.2) is 42.1 Å². The molecule has 190 valence electrons. The first-order valence-corrected chi connectivity index (χ1v) is 13.2. The van der Waals surface area contributed by atoms with Crippen LogP contribution in [0.2, 0.25) is 0 Å². The van der Waals surface area contributed by atoms with Gasteiger partial charge in [0.15, 0.2) is 0 Å². The van der Waals surface area contributed by atoms with Crippen molar-refractivity contribution in [3.05, 3.63) is 96.1 Å². The number of rotatable bonds is 8. The van der Waals surface area contributed by atoms with Gasteiger partial charge in [-0.2, -0.15) is 4.98 Å². The number of nitrogens with one attached hydrogen (secondary N) is 2. The van der Waals surface area contributed by atoms with E-state index in [1.54, 1.807) is 0 Å². The first kappa shape index (κ1) is 24.8. The van der Waals surface area contributed by atoms with Crippen molar-refractivity contribution >= 4 is 28.6 Å². The van der Waals surface area contributed by atoms with E-state index in [0.29, 0.717) is 18.4 Å². The fourth-order valence-corrected chi connectivity index (χ4v) is 5.23. The van der Waals surface area contributed by atoms with Crippen molar-refractivity contribution in [3.63, 3.8) is 0 Å². The molecule has 2 N–H and O–H groups in total. The topological polar surface area (TPSA) is 70.2 Å². The highest BCUT2D eigenvalue weighted by molar-refractivity contribution is 5.90. The highest BCUT2D eigenvalue weighted by Crippen LogP contribution is 2.27. The van der Waals surface area contributed by atoms with Crippen LogP contribution in [0, 0.1) is 0 Å². The zero-order chi connectivity index (χ0) is 25.6. The van der Waals surface area contributed by atoms with Crippen LogP contribution in [0.1, 0.15) is 42.7 Å². The Morgan fingerprint density at radius 3 is 2.16 bits per heavy atom. The molecule has 6 heteroatoms. The molecule has 5 rings (SSSR count). The minimum absolute atomic E-state index is 0.111. The normalized spacial score (nSPS) is 18.2. The number of benzene rings is 3. The smallest absolute Gasteiger partial charge is 0.228 e. The molecule has 0 aliphatic heterocycles. The zero-order valence-corrected chi connectivity index (χ0v) is 21.6. The molecule has 1 atom stereocenters. The quantitative estimate of drug-likeness (QED) is 0.336. The van der Waals surface area contributed by atoms with E-state index < -0.39 is 0 Å². The molecule has 4 aromatic rings. The molecule has 6 nitrogen and oxygen atoms in total. The second-order valence-electron chi connectivity index (χ2n) is 10.1. The second kappa shape index (κ2) is 11.4. The standard InChI is InChI=1S/C31H35N5O/c1-36(2)29-26-15-9-10-16-28(26)34-31(35-29)33-25-19-17-24(18-20-25)32-30(37)27(23-13-7-4-8-14-23)21-22-11-5-3-6-12-22/h3-16,24-25,27H,17-21H2,1-2H3,(H,32,37)(H,33,34,35). The highest BCUT2D eigenvalue weighted by atomic mass is 16.1. The Morgan fingerprint density at radius 1 is 0.838 bits per heavy atom. The van der Waals surface area contributed by atoms with Crippen molar-refractivity contribution in [1.82, 2.24) is 15.3 Å². The summed E-state index contributed by atoms with van der Waals surface area (Å²) in [6, 6.07) is 29.0. The average molecular weight is 494 g/mol. The number of amides is 1. The summed E-state index contributed by atoms with van der Waals surface area (Å²) in [6.45, 7) is 0. The summed E-state index contributed by atoms with van der Waals surface area (Å²) in [5.41, 5.74) is 3.17. The molecule has 1 unspecified atom stereocenters. The lowest BCUT2D eigenvalue weighted by molar-refractivity contribution is -0.123. The number of carbonyl (C=O) groups is 1. The van der Waals surface area contributed by atoms with Crippen LogP contribution < -0.4 is 15.5 Å². The van der Waals surface area contributed by atoms with Crippen LogP contribution >= 0.6 is 0 Å². The van der Waals surface area contributed by atoms with Gasteiger partial charge in [0, 0.05) is 31.6 Å². The van der Waals surface area contributed by atoms with Gasteiger partial charge in [-0.15, -0.1) is 0 Å². The van der Waals surface area contributed by atoms with Gasteiger partial charge in [0.2, 0.25) is 11.9 Å². The maximum absolute atomic E-state index is 13.5. The maximum atomic E-state index is 13.5. The molecule has 3 aromatic carbocycles. The lowest BCUT2D eigenvalue weighted by Crippen LogP contribution is -2.42. The lowest BCUT2D eigenvalue weighted by atomic mass is 9.88. The largest absolute Gasteiger partial charge is 0.362 e. The van der Waals surface area contributed by atoms with Gasteiger partial charge in [-0.05, 0) is 55.4 Å². The molecule has 1 amide bonds. The van der Waals surface area contributed by atoms with Gasteiger partial charge in [0.05, 0.1) is 11.4 Å². The van der Waals surface area contributed by atoms with E-state index in [-0.39, 0.29) is 17.9 Å². The molecule has 0 bridgehead atoms. The highest BCUT2D eigenvalue weighted by Gasteiger charge is 2.27. The van der Waals surface area contributed by atoms with Crippen molar-refractivity contribution in [3.8, 4) is 0 Å². The first-order chi connectivity index (χ1) is 18.1. The molecule has 1 aliphatic carbocycles. The summed E-state index contributed by atoms with van der Waals surface area (Å²) < 4.78 is 0. The van der Waals surface area contributed by atoms with Gasteiger partial charge in [-0.1, -0.05) is 72.8 Å². The van der Waals surface area contributed by atoms with Crippen molar-refractivity contribution in [2.45, 2.75) is 50.1 Å². The van der Waals surface area contributed by atoms with E-state index in [9.17, 15) is 4.79 Å². The Labute approximate surface area is 219 Å². The van der Waals surface area contributed by atoms with Crippen LogP contribution in [0.15, 0.2) is 84.9 Å². The summed E-state index contributed by atoms with van der Waals surface area (Å²) in [5.74, 6) is 1.50. The monoisotopic (exact) mass is 493 g/mol. The number of nitrogens with zero attached hydrogens (tertiary/aromatic N) is 3. The number of hydrogen-bond acceptors (Lipinski definition) is 5. The first-order valence-electron chi connectivity index (χ1n) is 13.2. The van der Waals surface area contributed by atoms with E-state index in [0.717, 1.165) is 48.0 Å². The van der Waals surface area contributed by atoms with E-state index in [2.05, 4.69) is 41.0 Å². The van der Waals surface area contributed by atoms with Crippen LogP contribution in [0.25, 0.3) is 10.9 Å². The molecule has 1 heterocycles. The number of carbonyl (C=O) groups excluding carboxylic acids is 1. The summed E-state index contributed by atoms with van der Waals surface area (Å²) >= 11 is 0. The fraction of sp³-hybridized carbons (Fsp3) is 0.323. The van der Waals surface area contributed by atoms with E-state index >= 15 is 0 Å². The van der Waals surface area contributed by atoms with Gasteiger partial charge in [-0.25, -0.2) is 4.98 Å². The van der Waals surface area contributed by atoms with Gasteiger partial charge >= 0.3 is 0 Å². The third kappa shape index (κ3) is 6.08. The molecule has 1 fully saturated rings. The Bertz CT molecular complexity index is 1320. The predicted molar refractivity (Wildman–Crippen MR) is 151 cm³/mol. The van der Waals surface area contributed by atoms with Crippen LogP contribution in [-0.2, 0) is 11.2 Å². The fourth-order valence-electron chi connectivity index (χ4n) is 5.23. The molecular formula is C31H35N5O. The third-order valence-corrected chi connectivity index (χ3v) is 7.21. The summed E-state index contributed by atoms with van der Waals surface area (Å²) in [5, 5.41) is 7.98. The third-order valence-electron chi connectivity index (χ3n) is 7.21. The van der Waals surface area contributed by atoms with Crippen molar-refractivity contribution in [2.24, 2.45) is 0 Å². The Kier molecular flexibility index (Phi) is 7.64. The van der Waals surface area contributed by atoms with Crippen LogP contribution in [0.3, 0.4) is 0 Å². The minimum atomic E-state index is -0.199. The average Bonchev–Trinajstić information content (AvgIpc) is 2.93. The molecule has 1 saturated carbocycles. The lowest BCUT2D eigenvalue weighted by Gasteiger charge is -2.31. The number of fused-ring (bicyclic) bond motifs is 1. The van der Waals surface area contributed by atoms with Crippen LogP contribution in [0.5, 0.6) is 0 Å². The Morgan fingerprint density at radius 2 is 1.46 bits per heavy atom. The number of para-hydroxylation sites is 1. The molecular weight excluding hydrogens is 458 g/mol. The maximum Gasteiger partial charge on any atom is 0.228 e. The van der Waals surface area contributed by atoms with Gasteiger partial charge < -0.3 is 15.5 Å². The van der Waals surface area contributed by atoms with Crippen molar-refractivity contribution in [2.75, 3.05) is 24.3 Å². The molecule has 0 spiro atoms. The van der Waals surface area contributed by atoms with E-state index in [1.165, 1.54) is 5.56 Å². The molecule has 37 heavy (non-hydrogen) atoms. The van der Waals surface area contributed by atoms with Gasteiger partial charge in [-0.3, -0.25) is 4.79 Å². The molecule has 0 saturated heterocycles. The Hall–Kier alpha value is -3.93. The van der Waals surface area contributed by atoms with Crippen LogP contribution in [0.4, 0.5) is 11.8 Å². The SMILES string of the molecule is CN(C)c1nc(NC2CCC(NC(=O)C(Cc3ccccc3)c3ccccc3)CC2)nc2ccccc12.